The zero-order valence-electron chi connectivity index (χ0n) is 14.6. The average Bonchev–Trinajstić information content (AvgIpc) is 2.62. The summed E-state index contributed by atoms with van der Waals surface area (Å²) in [5.41, 5.74) is 2.61. The van der Waals surface area contributed by atoms with E-state index >= 15 is 0 Å². The Labute approximate surface area is 145 Å². The van der Waals surface area contributed by atoms with Crippen molar-refractivity contribution in [3.63, 3.8) is 0 Å². The van der Waals surface area contributed by atoms with E-state index in [0.717, 1.165) is 52.2 Å². The van der Waals surface area contributed by atoms with Crippen LogP contribution in [0.25, 0.3) is 6.08 Å². The number of rotatable bonds is 4. The number of amides is 1. The molecule has 0 N–H and O–H groups in total. The molecule has 130 valence electrons. The van der Waals surface area contributed by atoms with E-state index in [1.165, 1.54) is 11.1 Å². The molecule has 2 aliphatic rings. The van der Waals surface area contributed by atoms with Crippen molar-refractivity contribution in [1.82, 2.24) is 9.80 Å². The fourth-order valence-corrected chi connectivity index (χ4v) is 3.41. The van der Waals surface area contributed by atoms with E-state index in [9.17, 15) is 4.79 Å². The third-order valence-electron chi connectivity index (χ3n) is 5.09. The Morgan fingerprint density at radius 3 is 2.58 bits per heavy atom. The number of ether oxygens (including phenoxy) is 1. The van der Waals surface area contributed by atoms with E-state index in [-0.39, 0.29) is 5.91 Å². The van der Waals surface area contributed by atoms with Crippen molar-refractivity contribution in [2.45, 2.75) is 19.8 Å². The maximum atomic E-state index is 12.4. The quantitative estimate of drug-likeness (QED) is 0.852. The third-order valence-corrected chi connectivity index (χ3v) is 5.09. The Balaban J connectivity index is 1.45. The predicted molar refractivity (Wildman–Crippen MR) is 96.8 cm³/mol. The normalized spacial score (nSPS) is 20.6. The number of hydrogen-bond donors (Lipinski definition) is 0. The van der Waals surface area contributed by atoms with Gasteiger partial charge in [0.15, 0.2) is 0 Å². The molecule has 0 radical (unpaired) electrons. The maximum absolute atomic E-state index is 12.4. The van der Waals surface area contributed by atoms with Gasteiger partial charge in [0.05, 0.1) is 19.8 Å². The van der Waals surface area contributed by atoms with Crippen molar-refractivity contribution in [2.75, 3.05) is 45.9 Å². The third kappa shape index (κ3) is 4.68. The van der Waals surface area contributed by atoms with Gasteiger partial charge in [-0.15, -0.1) is 0 Å². The lowest BCUT2D eigenvalue weighted by atomic mass is 9.95. The topological polar surface area (TPSA) is 32.8 Å². The lowest BCUT2D eigenvalue weighted by Gasteiger charge is -2.33. The molecule has 1 amide bonds. The second-order valence-corrected chi connectivity index (χ2v) is 6.82. The molecule has 1 aromatic carbocycles. The number of hydrogen-bond acceptors (Lipinski definition) is 3. The van der Waals surface area contributed by atoms with E-state index in [1.54, 1.807) is 0 Å². The van der Waals surface area contributed by atoms with E-state index < -0.39 is 0 Å². The van der Waals surface area contributed by atoms with Crippen LogP contribution < -0.4 is 0 Å². The lowest BCUT2D eigenvalue weighted by Crippen LogP contribution is -2.46. The van der Waals surface area contributed by atoms with Gasteiger partial charge in [-0.3, -0.25) is 9.69 Å². The number of carbonyl (C=O) groups excluding carboxylic acids is 1. The van der Waals surface area contributed by atoms with Crippen molar-refractivity contribution in [2.24, 2.45) is 5.92 Å². The van der Waals surface area contributed by atoms with Gasteiger partial charge < -0.3 is 9.64 Å². The first-order valence-electron chi connectivity index (χ1n) is 9.04. The van der Waals surface area contributed by atoms with Crippen LogP contribution in [0.1, 0.15) is 24.0 Å². The van der Waals surface area contributed by atoms with Crippen LogP contribution >= 0.6 is 0 Å². The van der Waals surface area contributed by atoms with Crippen molar-refractivity contribution in [3.8, 4) is 0 Å². The van der Waals surface area contributed by atoms with E-state index in [2.05, 4.69) is 48.2 Å². The Kier molecular flexibility index (Phi) is 6.05. The molecule has 0 aliphatic carbocycles. The molecule has 2 aliphatic heterocycles. The minimum absolute atomic E-state index is 0.276. The zero-order valence-corrected chi connectivity index (χ0v) is 14.6. The lowest BCUT2D eigenvalue weighted by molar-refractivity contribution is -0.134. The Morgan fingerprint density at radius 2 is 1.88 bits per heavy atom. The van der Waals surface area contributed by atoms with Crippen LogP contribution in [0.15, 0.2) is 30.3 Å². The Hall–Kier alpha value is -1.65. The molecule has 0 spiro atoms. The van der Waals surface area contributed by atoms with Crippen LogP contribution in [0.4, 0.5) is 0 Å². The molecule has 0 unspecified atom stereocenters. The van der Waals surface area contributed by atoms with E-state index in [0.29, 0.717) is 12.5 Å². The van der Waals surface area contributed by atoms with Gasteiger partial charge in [-0.05, 0) is 36.8 Å². The van der Waals surface area contributed by atoms with Crippen LogP contribution in [0, 0.1) is 12.8 Å². The summed E-state index contributed by atoms with van der Waals surface area (Å²) in [5, 5.41) is 0. The molecule has 2 heterocycles. The number of aryl methyl sites for hydroxylation is 1. The summed E-state index contributed by atoms with van der Waals surface area (Å²) >= 11 is 0. The first-order valence-corrected chi connectivity index (χ1v) is 9.04. The number of nitrogens with zero attached hydrogens (tertiary/aromatic N) is 2. The van der Waals surface area contributed by atoms with Crippen LogP contribution in [-0.4, -0.2) is 61.6 Å². The molecule has 4 heteroatoms. The second kappa shape index (κ2) is 8.45. The Bertz CT molecular complexity index is 571. The first-order chi connectivity index (χ1) is 11.7. The van der Waals surface area contributed by atoms with Gasteiger partial charge in [-0.25, -0.2) is 0 Å². The summed E-state index contributed by atoms with van der Waals surface area (Å²) in [6, 6.07) is 8.46. The largest absolute Gasteiger partial charge is 0.379 e. The number of allylic oxidation sites excluding steroid dienone is 1. The second-order valence-electron chi connectivity index (χ2n) is 6.82. The van der Waals surface area contributed by atoms with Crippen LogP contribution in [-0.2, 0) is 9.53 Å². The van der Waals surface area contributed by atoms with Gasteiger partial charge in [0.25, 0.3) is 0 Å². The monoisotopic (exact) mass is 328 g/mol. The molecule has 0 bridgehead atoms. The zero-order chi connectivity index (χ0) is 16.8. The number of morpholine rings is 1. The predicted octanol–water partition coefficient (Wildman–Crippen LogP) is 2.58. The molecule has 4 nitrogen and oxygen atoms in total. The Morgan fingerprint density at radius 1 is 1.17 bits per heavy atom. The molecule has 2 saturated heterocycles. The van der Waals surface area contributed by atoms with Crippen molar-refractivity contribution in [1.29, 1.82) is 0 Å². The maximum Gasteiger partial charge on any atom is 0.236 e. The number of piperidine rings is 1. The number of benzene rings is 1. The molecule has 0 saturated carbocycles. The molecular formula is C20H28N2O2. The SMILES string of the molecule is Cc1ccccc1/C=C\C1CCN(C(=O)CN2CCOCC2)CC1. The summed E-state index contributed by atoms with van der Waals surface area (Å²) in [6.45, 7) is 7.71. The van der Waals surface area contributed by atoms with Crippen molar-refractivity contribution in [3.05, 3.63) is 41.5 Å². The molecule has 0 atom stereocenters. The standard InChI is InChI=1S/C20H28N2O2/c1-17-4-2-3-5-19(17)7-6-18-8-10-22(11-9-18)20(23)16-21-12-14-24-15-13-21/h2-7,18H,8-16H2,1H3/b7-6-. The molecule has 0 aromatic heterocycles. The highest BCUT2D eigenvalue weighted by Crippen LogP contribution is 2.20. The summed E-state index contributed by atoms with van der Waals surface area (Å²) < 4.78 is 5.34. The van der Waals surface area contributed by atoms with Gasteiger partial charge in [0.1, 0.15) is 0 Å². The van der Waals surface area contributed by atoms with Crippen LogP contribution in [0.3, 0.4) is 0 Å². The molecule has 2 fully saturated rings. The summed E-state index contributed by atoms with van der Waals surface area (Å²) in [6.07, 6.45) is 6.70. The minimum atomic E-state index is 0.276. The fraction of sp³-hybridized carbons (Fsp3) is 0.550. The number of carbonyl (C=O) groups is 1. The highest BCUT2D eigenvalue weighted by Gasteiger charge is 2.23. The molecular weight excluding hydrogens is 300 g/mol. The molecule has 1 aromatic rings. The minimum Gasteiger partial charge on any atom is -0.379 e. The van der Waals surface area contributed by atoms with Gasteiger partial charge in [0, 0.05) is 26.2 Å². The summed E-state index contributed by atoms with van der Waals surface area (Å²) in [7, 11) is 0. The highest BCUT2D eigenvalue weighted by atomic mass is 16.5. The molecule has 24 heavy (non-hydrogen) atoms. The van der Waals surface area contributed by atoms with Gasteiger partial charge in [-0.1, -0.05) is 36.4 Å². The van der Waals surface area contributed by atoms with Gasteiger partial charge in [-0.2, -0.15) is 0 Å². The van der Waals surface area contributed by atoms with Gasteiger partial charge >= 0.3 is 0 Å². The van der Waals surface area contributed by atoms with Crippen molar-refractivity contribution < 1.29 is 9.53 Å². The first kappa shape index (κ1) is 17.2. The van der Waals surface area contributed by atoms with E-state index in [4.69, 9.17) is 4.74 Å². The summed E-state index contributed by atoms with van der Waals surface area (Å²) in [5.74, 6) is 0.857. The van der Waals surface area contributed by atoms with Crippen molar-refractivity contribution >= 4 is 12.0 Å². The fourth-order valence-electron chi connectivity index (χ4n) is 3.41. The van der Waals surface area contributed by atoms with Crippen LogP contribution in [0.2, 0.25) is 0 Å². The highest BCUT2D eigenvalue weighted by molar-refractivity contribution is 5.78. The van der Waals surface area contributed by atoms with Gasteiger partial charge in [0.2, 0.25) is 5.91 Å². The smallest absolute Gasteiger partial charge is 0.236 e. The van der Waals surface area contributed by atoms with E-state index in [1.807, 2.05) is 4.90 Å². The summed E-state index contributed by atoms with van der Waals surface area (Å²) in [4.78, 5) is 16.7. The number of likely N-dealkylation sites (tertiary alicyclic amines) is 1. The average molecular weight is 328 g/mol. The molecule has 3 rings (SSSR count). The van der Waals surface area contributed by atoms with Crippen LogP contribution in [0.5, 0.6) is 0 Å².